The predicted molar refractivity (Wildman–Crippen MR) is 60.4 cm³/mol. The molecule has 0 radical (unpaired) electrons. The molecule has 16 heavy (non-hydrogen) atoms. The maximum absolute atomic E-state index is 13.4. The first kappa shape index (κ1) is 10.8. The summed E-state index contributed by atoms with van der Waals surface area (Å²) in [6.07, 6.45) is 3.53. The fourth-order valence-electron chi connectivity index (χ4n) is 1.60. The number of nitrogens with zero attached hydrogens (tertiary/aromatic N) is 2. The molecule has 4 heteroatoms. The quantitative estimate of drug-likeness (QED) is 0.838. The number of aryl methyl sites for hydroxylation is 2. The van der Waals surface area contributed by atoms with Crippen LogP contribution in [0.15, 0.2) is 30.6 Å². The van der Waals surface area contributed by atoms with Gasteiger partial charge in [0.05, 0.1) is 12.2 Å². The van der Waals surface area contributed by atoms with E-state index >= 15 is 0 Å². The van der Waals surface area contributed by atoms with E-state index in [-0.39, 0.29) is 11.9 Å². The molecule has 1 unspecified atom stereocenters. The van der Waals surface area contributed by atoms with Crippen molar-refractivity contribution in [1.82, 2.24) is 9.78 Å². The molecule has 0 saturated carbocycles. The zero-order chi connectivity index (χ0) is 11.7. The van der Waals surface area contributed by atoms with E-state index < -0.39 is 0 Å². The molecule has 0 aliphatic carbocycles. The molecule has 2 N–H and O–H groups in total. The van der Waals surface area contributed by atoms with E-state index in [4.69, 9.17) is 5.73 Å². The van der Waals surface area contributed by atoms with E-state index in [1.807, 2.05) is 19.3 Å². The molecule has 0 fully saturated rings. The van der Waals surface area contributed by atoms with Crippen molar-refractivity contribution < 1.29 is 4.39 Å². The molecule has 0 bridgehead atoms. The van der Waals surface area contributed by atoms with Crippen LogP contribution in [0.2, 0.25) is 0 Å². The van der Waals surface area contributed by atoms with Crippen LogP contribution in [0.3, 0.4) is 0 Å². The van der Waals surface area contributed by atoms with E-state index in [1.54, 1.807) is 23.9 Å². The lowest BCUT2D eigenvalue weighted by atomic mass is 10.0. The maximum Gasteiger partial charge on any atom is 0.126 e. The fourth-order valence-corrected chi connectivity index (χ4v) is 1.60. The minimum atomic E-state index is -0.330. The van der Waals surface area contributed by atoms with Gasteiger partial charge in [-0.15, -0.1) is 0 Å². The van der Waals surface area contributed by atoms with Crippen LogP contribution in [0.4, 0.5) is 4.39 Å². The predicted octanol–water partition coefficient (Wildman–Crippen LogP) is 1.92. The number of rotatable bonds is 2. The summed E-state index contributed by atoms with van der Waals surface area (Å²) in [5.41, 5.74) is 8.30. The topological polar surface area (TPSA) is 43.8 Å². The van der Waals surface area contributed by atoms with Crippen LogP contribution in [0.5, 0.6) is 0 Å². The second kappa shape index (κ2) is 4.06. The number of nitrogens with two attached hydrogens (primary N) is 1. The largest absolute Gasteiger partial charge is 0.320 e. The molecule has 0 amide bonds. The molecule has 1 aromatic heterocycles. The first-order valence-electron chi connectivity index (χ1n) is 5.08. The van der Waals surface area contributed by atoms with Crippen LogP contribution < -0.4 is 5.73 Å². The van der Waals surface area contributed by atoms with Crippen LogP contribution in [-0.4, -0.2) is 9.78 Å². The number of hydrogen-bond acceptors (Lipinski definition) is 2. The van der Waals surface area contributed by atoms with Crippen molar-refractivity contribution in [3.05, 3.63) is 53.1 Å². The number of halogens is 1. The van der Waals surface area contributed by atoms with Gasteiger partial charge in [0.1, 0.15) is 5.82 Å². The molecule has 1 aromatic carbocycles. The zero-order valence-electron chi connectivity index (χ0n) is 9.31. The lowest BCUT2D eigenvalue weighted by Gasteiger charge is -2.10. The van der Waals surface area contributed by atoms with Gasteiger partial charge in [0, 0.05) is 18.8 Å². The highest BCUT2D eigenvalue weighted by molar-refractivity contribution is 5.31. The molecular weight excluding hydrogens is 205 g/mol. The number of benzene rings is 1. The summed E-state index contributed by atoms with van der Waals surface area (Å²) in [6.45, 7) is 1.73. The first-order chi connectivity index (χ1) is 7.58. The monoisotopic (exact) mass is 219 g/mol. The number of aromatic nitrogens is 2. The van der Waals surface area contributed by atoms with E-state index in [0.717, 1.165) is 11.1 Å². The van der Waals surface area contributed by atoms with Crippen LogP contribution in [0, 0.1) is 12.7 Å². The minimum absolute atomic E-state index is 0.225. The van der Waals surface area contributed by atoms with Crippen LogP contribution in [0.1, 0.15) is 22.7 Å². The van der Waals surface area contributed by atoms with Crippen molar-refractivity contribution in [3.63, 3.8) is 0 Å². The molecule has 0 spiro atoms. The van der Waals surface area contributed by atoms with Crippen molar-refractivity contribution in [3.8, 4) is 0 Å². The average Bonchev–Trinajstić information content (AvgIpc) is 2.68. The van der Waals surface area contributed by atoms with Crippen LogP contribution >= 0.6 is 0 Å². The van der Waals surface area contributed by atoms with Crippen molar-refractivity contribution in [2.45, 2.75) is 13.0 Å². The standard InChI is InChI=1S/C12H14FN3/c1-8-3-4-9(5-11(8)13)12(14)10-6-15-16(2)7-10/h3-7,12H,14H2,1-2H3. The Hall–Kier alpha value is -1.68. The van der Waals surface area contributed by atoms with Gasteiger partial charge in [0.2, 0.25) is 0 Å². The third-order valence-electron chi connectivity index (χ3n) is 2.64. The van der Waals surface area contributed by atoms with Crippen molar-refractivity contribution >= 4 is 0 Å². The van der Waals surface area contributed by atoms with Gasteiger partial charge < -0.3 is 5.73 Å². The molecule has 0 aliphatic heterocycles. The Balaban J connectivity index is 2.33. The van der Waals surface area contributed by atoms with Crippen LogP contribution in [0.25, 0.3) is 0 Å². The lowest BCUT2D eigenvalue weighted by Crippen LogP contribution is -2.11. The van der Waals surface area contributed by atoms with E-state index in [1.165, 1.54) is 6.07 Å². The van der Waals surface area contributed by atoms with Gasteiger partial charge in [-0.05, 0) is 24.1 Å². The summed E-state index contributed by atoms with van der Waals surface area (Å²) < 4.78 is 15.1. The van der Waals surface area contributed by atoms with Gasteiger partial charge in [0.25, 0.3) is 0 Å². The highest BCUT2D eigenvalue weighted by Gasteiger charge is 2.11. The lowest BCUT2D eigenvalue weighted by molar-refractivity contribution is 0.614. The Morgan fingerprint density at radius 3 is 2.69 bits per heavy atom. The van der Waals surface area contributed by atoms with E-state index in [0.29, 0.717) is 5.56 Å². The van der Waals surface area contributed by atoms with Gasteiger partial charge in [-0.3, -0.25) is 4.68 Å². The Labute approximate surface area is 93.7 Å². The van der Waals surface area contributed by atoms with E-state index in [9.17, 15) is 4.39 Å². The summed E-state index contributed by atoms with van der Waals surface area (Å²) in [5.74, 6) is -0.225. The van der Waals surface area contributed by atoms with Crippen molar-refractivity contribution in [1.29, 1.82) is 0 Å². The Morgan fingerprint density at radius 1 is 1.38 bits per heavy atom. The average molecular weight is 219 g/mol. The normalized spacial score (nSPS) is 12.8. The Morgan fingerprint density at radius 2 is 2.12 bits per heavy atom. The van der Waals surface area contributed by atoms with Gasteiger partial charge in [0.15, 0.2) is 0 Å². The smallest absolute Gasteiger partial charge is 0.126 e. The summed E-state index contributed by atoms with van der Waals surface area (Å²) >= 11 is 0. The van der Waals surface area contributed by atoms with Crippen molar-refractivity contribution in [2.24, 2.45) is 12.8 Å². The summed E-state index contributed by atoms with van der Waals surface area (Å²) in [6, 6.07) is 4.73. The Kier molecular flexibility index (Phi) is 2.75. The molecule has 3 nitrogen and oxygen atoms in total. The Bertz CT molecular complexity index is 505. The molecule has 84 valence electrons. The van der Waals surface area contributed by atoms with E-state index in [2.05, 4.69) is 5.10 Å². The van der Waals surface area contributed by atoms with Crippen molar-refractivity contribution in [2.75, 3.05) is 0 Å². The molecule has 2 aromatic rings. The number of hydrogen-bond donors (Lipinski definition) is 1. The molecule has 0 aliphatic rings. The maximum atomic E-state index is 13.4. The summed E-state index contributed by atoms with van der Waals surface area (Å²) in [4.78, 5) is 0. The third kappa shape index (κ3) is 1.97. The van der Waals surface area contributed by atoms with Gasteiger partial charge in [-0.25, -0.2) is 4.39 Å². The zero-order valence-corrected chi connectivity index (χ0v) is 9.31. The summed E-state index contributed by atoms with van der Waals surface area (Å²) in [5, 5.41) is 4.05. The minimum Gasteiger partial charge on any atom is -0.320 e. The molecule has 1 atom stereocenters. The SMILES string of the molecule is Cc1ccc(C(N)c2cnn(C)c2)cc1F. The fraction of sp³-hybridized carbons (Fsp3) is 0.250. The first-order valence-corrected chi connectivity index (χ1v) is 5.08. The van der Waals surface area contributed by atoms with Crippen LogP contribution in [-0.2, 0) is 7.05 Å². The molecule has 1 heterocycles. The second-order valence-corrected chi connectivity index (χ2v) is 3.93. The highest BCUT2D eigenvalue weighted by atomic mass is 19.1. The molecule has 2 rings (SSSR count). The third-order valence-corrected chi connectivity index (χ3v) is 2.64. The van der Waals surface area contributed by atoms with Gasteiger partial charge in [-0.1, -0.05) is 12.1 Å². The highest BCUT2D eigenvalue weighted by Crippen LogP contribution is 2.20. The molecule has 0 saturated heterocycles. The summed E-state index contributed by atoms with van der Waals surface area (Å²) in [7, 11) is 1.83. The second-order valence-electron chi connectivity index (χ2n) is 3.93. The van der Waals surface area contributed by atoms with Gasteiger partial charge >= 0.3 is 0 Å². The van der Waals surface area contributed by atoms with Gasteiger partial charge in [-0.2, -0.15) is 5.10 Å². The molecular formula is C12H14FN3.